The van der Waals surface area contributed by atoms with E-state index in [0.29, 0.717) is 0 Å². The molecule has 1 aromatic rings. The van der Waals surface area contributed by atoms with Gasteiger partial charge in [-0.15, -0.1) is 12.4 Å². The molecule has 1 atom stereocenters. The molecule has 1 aliphatic rings. The van der Waals surface area contributed by atoms with E-state index in [2.05, 4.69) is 6.07 Å². The lowest BCUT2D eigenvalue weighted by atomic mass is 10.1. The predicted octanol–water partition coefficient (Wildman–Crippen LogP) is 1.93. The first-order chi connectivity index (χ1) is 5.81. The number of halogens is 1. The Hall–Kier alpha value is -1.04. The van der Waals surface area contributed by atoms with Crippen LogP contribution in [0.4, 0.5) is 0 Å². The fourth-order valence-electron chi connectivity index (χ4n) is 1.72. The lowest BCUT2D eigenvalue weighted by Crippen LogP contribution is -2.04. The number of nitrogens with two attached hydrogens (primary N) is 1. The Bertz CT molecular complexity index is 354. The molecule has 0 heterocycles. The molecule has 0 saturated carbocycles. The van der Waals surface area contributed by atoms with Crippen molar-refractivity contribution < 1.29 is 0 Å². The topological polar surface area (TPSA) is 49.8 Å². The molecule has 13 heavy (non-hydrogen) atoms. The Morgan fingerprint density at radius 3 is 2.92 bits per heavy atom. The number of rotatable bonds is 0. The Morgan fingerprint density at radius 1 is 1.46 bits per heavy atom. The molecule has 0 spiro atoms. The number of fused-ring (bicyclic) bond motifs is 1. The summed E-state index contributed by atoms with van der Waals surface area (Å²) in [6.45, 7) is 0. The molecule has 1 aromatic carbocycles. The maximum Gasteiger partial charge on any atom is 0.0991 e. The van der Waals surface area contributed by atoms with Crippen LogP contribution < -0.4 is 5.73 Å². The summed E-state index contributed by atoms with van der Waals surface area (Å²) in [7, 11) is 0. The van der Waals surface area contributed by atoms with Crippen molar-refractivity contribution in [1.29, 1.82) is 5.26 Å². The van der Waals surface area contributed by atoms with E-state index in [4.69, 9.17) is 11.0 Å². The van der Waals surface area contributed by atoms with Crippen LogP contribution in [0.25, 0.3) is 0 Å². The van der Waals surface area contributed by atoms with E-state index in [1.807, 2.05) is 18.2 Å². The van der Waals surface area contributed by atoms with Crippen LogP contribution in [0, 0.1) is 11.3 Å². The van der Waals surface area contributed by atoms with Gasteiger partial charge in [0.05, 0.1) is 11.6 Å². The third-order valence-electron chi connectivity index (χ3n) is 2.40. The zero-order valence-electron chi connectivity index (χ0n) is 7.16. The zero-order valence-corrected chi connectivity index (χ0v) is 7.97. The Kier molecular flexibility index (Phi) is 2.92. The lowest BCUT2D eigenvalue weighted by Gasteiger charge is -2.03. The minimum atomic E-state index is 0. The van der Waals surface area contributed by atoms with Crippen LogP contribution in [0.15, 0.2) is 18.2 Å². The van der Waals surface area contributed by atoms with Crippen molar-refractivity contribution >= 4 is 12.4 Å². The number of nitriles is 1. The highest BCUT2D eigenvalue weighted by molar-refractivity contribution is 5.85. The third kappa shape index (κ3) is 1.67. The quantitative estimate of drug-likeness (QED) is 0.686. The molecule has 0 unspecified atom stereocenters. The van der Waals surface area contributed by atoms with Crippen molar-refractivity contribution in [1.82, 2.24) is 0 Å². The molecule has 1 aliphatic carbocycles. The molecule has 0 radical (unpaired) electrons. The molecule has 0 amide bonds. The molecule has 2 nitrogen and oxygen atoms in total. The summed E-state index contributed by atoms with van der Waals surface area (Å²) < 4.78 is 0. The van der Waals surface area contributed by atoms with Gasteiger partial charge in [0.1, 0.15) is 0 Å². The van der Waals surface area contributed by atoms with Crippen molar-refractivity contribution in [3.05, 3.63) is 34.9 Å². The van der Waals surface area contributed by atoms with E-state index in [0.717, 1.165) is 18.4 Å². The fraction of sp³-hybridized carbons (Fsp3) is 0.300. The molecule has 0 aromatic heterocycles. The van der Waals surface area contributed by atoms with Gasteiger partial charge in [0, 0.05) is 6.04 Å². The molecule has 68 valence electrons. The largest absolute Gasteiger partial charge is 0.324 e. The Labute approximate surface area is 83.8 Å². The van der Waals surface area contributed by atoms with Crippen molar-refractivity contribution in [2.24, 2.45) is 5.73 Å². The zero-order chi connectivity index (χ0) is 8.55. The average Bonchev–Trinajstić information content (AvgIpc) is 2.47. The smallest absolute Gasteiger partial charge is 0.0991 e. The van der Waals surface area contributed by atoms with E-state index in [1.54, 1.807) is 0 Å². The number of hydrogen-bond acceptors (Lipinski definition) is 2. The van der Waals surface area contributed by atoms with E-state index >= 15 is 0 Å². The van der Waals surface area contributed by atoms with Crippen LogP contribution in [-0.2, 0) is 6.42 Å². The Morgan fingerprint density at radius 2 is 2.23 bits per heavy atom. The summed E-state index contributed by atoms with van der Waals surface area (Å²) in [4.78, 5) is 0. The van der Waals surface area contributed by atoms with E-state index in [-0.39, 0.29) is 18.4 Å². The van der Waals surface area contributed by atoms with Gasteiger partial charge in [-0.05, 0) is 36.1 Å². The van der Waals surface area contributed by atoms with Gasteiger partial charge in [-0.2, -0.15) is 5.26 Å². The van der Waals surface area contributed by atoms with Crippen LogP contribution >= 0.6 is 12.4 Å². The highest BCUT2D eigenvalue weighted by atomic mass is 35.5. The van der Waals surface area contributed by atoms with E-state index in [1.165, 1.54) is 11.1 Å². The highest BCUT2D eigenvalue weighted by Crippen LogP contribution is 2.29. The first-order valence-electron chi connectivity index (χ1n) is 4.10. The summed E-state index contributed by atoms with van der Waals surface area (Å²) in [5.41, 5.74) is 9.06. The van der Waals surface area contributed by atoms with Crippen LogP contribution in [0.1, 0.15) is 29.2 Å². The fourth-order valence-corrected chi connectivity index (χ4v) is 1.72. The van der Waals surface area contributed by atoms with Crippen LogP contribution in [-0.4, -0.2) is 0 Å². The van der Waals surface area contributed by atoms with Crippen LogP contribution in [0.2, 0.25) is 0 Å². The first-order valence-corrected chi connectivity index (χ1v) is 4.10. The normalized spacial score (nSPS) is 18.6. The summed E-state index contributed by atoms with van der Waals surface area (Å²) in [6.07, 6.45) is 2.04. The second kappa shape index (κ2) is 3.78. The van der Waals surface area contributed by atoms with Gasteiger partial charge in [-0.25, -0.2) is 0 Å². The van der Waals surface area contributed by atoms with E-state index in [9.17, 15) is 0 Å². The van der Waals surface area contributed by atoms with Gasteiger partial charge in [0.15, 0.2) is 0 Å². The molecule has 0 aliphatic heterocycles. The predicted molar refractivity (Wildman–Crippen MR) is 53.7 cm³/mol. The minimum Gasteiger partial charge on any atom is -0.324 e. The second-order valence-corrected chi connectivity index (χ2v) is 3.17. The molecule has 0 bridgehead atoms. The van der Waals surface area contributed by atoms with E-state index < -0.39 is 0 Å². The van der Waals surface area contributed by atoms with Gasteiger partial charge in [-0.3, -0.25) is 0 Å². The van der Waals surface area contributed by atoms with Crippen LogP contribution in [0.3, 0.4) is 0 Å². The Balaban J connectivity index is 0.000000845. The van der Waals surface area contributed by atoms with Gasteiger partial charge in [-0.1, -0.05) is 6.07 Å². The first kappa shape index (κ1) is 10.0. The number of nitrogens with zero attached hydrogens (tertiary/aromatic N) is 1. The molecular weight excluding hydrogens is 184 g/mol. The van der Waals surface area contributed by atoms with Crippen LogP contribution in [0.5, 0.6) is 0 Å². The minimum absolute atomic E-state index is 0. The molecule has 0 fully saturated rings. The second-order valence-electron chi connectivity index (χ2n) is 3.17. The monoisotopic (exact) mass is 194 g/mol. The van der Waals surface area contributed by atoms with Gasteiger partial charge >= 0.3 is 0 Å². The van der Waals surface area contributed by atoms with Gasteiger partial charge in [0.25, 0.3) is 0 Å². The van der Waals surface area contributed by atoms with Crippen molar-refractivity contribution in [3.63, 3.8) is 0 Å². The number of benzene rings is 1. The molecule has 2 N–H and O–H groups in total. The standard InChI is InChI=1S/C10H10N2.ClH/c11-6-7-1-3-9-8(5-7)2-4-10(9)12;/h1,3,5,10H,2,4,12H2;1H/t10-;/m1./s1. The lowest BCUT2D eigenvalue weighted by molar-refractivity contribution is 0.713. The molecular formula is C10H11ClN2. The van der Waals surface area contributed by atoms with Crippen molar-refractivity contribution in [2.45, 2.75) is 18.9 Å². The summed E-state index contributed by atoms with van der Waals surface area (Å²) >= 11 is 0. The highest BCUT2D eigenvalue weighted by Gasteiger charge is 2.18. The van der Waals surface area contributed by atoms with Crippen molar-refractivity contribution in [3.8, 4) is 6.07 Å². The van der Waals surface area contributed by atoms with Crippen molar-refractivity contribution in [2.75, 3.05) is 0 Å². The summed E-state index contributed by atoms with van der Waals surface area (Å²) in [6, 6.07) is 8.08. The third-order valence-corrected chi connectivity index (χ3v) is 2.40. The molecule has 2 rings (SSSR count). The maximum atomic E-state index is 8.65. The SMILES string of the molecule is Cl.N#Cc1ccc2c(c1)CC[C@H]2N. The van der Waals surface area contributed by atoms with Gasteiger partial charge in [0.2, 0.25) is 0 Å². The average molecular weight is 195 g/mol. The molecule has 0 saturated heterocycles. The summed E-state index contributed by atoms with van der Waals surface area (Å²) in [5.74, 6) is 0. The van der Waals surface area contributed by atoms with Gasteiger partial charge < -0.3 is 5.73 Å². The number of hydrogen-bond donors (Lipinski definition) is 1. The maximum absolute atomic E-state index is 8.65. The summed E-state index contributed by atoms with van der Waals surface area (Å²) in [5, 5.41) is 8.65. The molecule has 3 heteroatoms. The number of aryl methyl sites for hydroxylation is 1.